The number of hydrogen-bond donors (Lipinski definition) is 4. The highest BCUT2D eigenvalue weighted by Crippen LogP contribution is 2.14. The quantitative estimate of drug-likeness (QED) is 0.510. The average molecular weight is 301 g/mol. The first-order valence-corrected chi connectivity index (χ1v) is 7.33. The second kappa shape index (κ2) is 9.33. The van der Waals surface area contributed by atoms with E-state index in [0.717, 1.165) is 6.42 Å². The van der Waals surface area contributed by atoms with Crippen LogP contribution in [0.3, 0.4) is 0 Å². The number of carboxylic acid groups (broad SMARTS) is 1. The molecule has 0 aromatic heterocycles. The van der Waals surface area contributed by atoms with Crippen molar-refractivity contribution in [1.82, 2.24) is 16.0 Å². The monoisotopic (exact) mass is 301 g/mol. The zero-order valence-electron chi connectivity index (χ0n) is 13.3. The Balaban J connectivity index is 4.20. The van der Waals surface area contributed by atoms with E-state index in [0.29, 0.717) is 25.3 Å². The lowest BCUT2D eigenvalue weighted by Gasteiger charge is -2.27. The molecule has 0 heterocycles. The number of carbonyl (C=O) groups is 3. The summed E-state index contributed by atoms with van der Waals surface area (Å²) < 4.78 is 0. The van der Waals surface area contributed by atoms with Crippen LogP contribution in [-0.2, 0) is 9.59 Å². The van der Waals surface area contributed by atoms with E-state index in [1.165, 1.54) is 0 Å². The van der Waals surface area contributed by atoms with Gasteiger partial charge in [-0.2, -0.15) is 0 Å². The van der Waals surface area contributed by atoms with E-state index in [1.807, 2.05) is 13.8 Å². The van der Waals surface area contributed by atoms with Crippen LogP contribution < -0.4 is 16.0 Å². The summed E-state index contributed by atoms with van der Waals surface area (Å²) in [4.78, 5) is 34.3. The van der Waals surface area contributed by atoms with Crippen LogP contribution in [0, 0.1) is 5.92 Å². The fourth-order valence-corrected chi connectivity index (χ4v) is 1.82. The Kier molecular flexibility index (Phi) is 8.61. The molecule has 0 spiro atoms. The number of aliphatic carboxylic acids is 1. The normalized spacial score (nSPS) is 11.3. The number of rotatable bonds is 9. The molecular formula is C14H27N3O4. The molecule has 0 bridgehead atoms. The Bertz CT molecular complexity index is 365. The standard InChI is InChI=1S/C14H27N3O4/c1-5-14(6-2,12(19)20)16-9-11(18)17-13(21)15-8-7-10(3)4/h10,16H,5-9H2,1-4H3,(H,19,20)(H2,15,17,18,21). The molecule has 4 N–H and O–H groups in total. The van der Waals surface area contributed by atoms with E-state index < -0.39 is 23.4 Å². The summed E-state index contributed by atoms with van der Waals surface area (Å²) >= 11 is 0. The molecule has 0 rings (SSSR count). The first-order valence-electron chi connectivity index (χ1n) is 7.33. The van der Waals surface area contributed by atoms with Gasteiger partial charge in [0.15, 0.2) is 0 Å². The third kappa shape index (κ3) is 7.08. The van der Waals surface area contributed by atoms with Crippen molar-refractivity contribution in [2.24, 2.45) is 5.92 Å². The molecule has 0 radical (unpaired) electrons. The molecule has 3 amide bonds. The number of amides is 3. The molecule has 0 aliphatic carbocycles. The second-order valence-electron chi connectivity index (χ2n) is 5.43. The molecule has 0 aliphatic rings. The van der Waals surface area contributed by atoms with Crippen LogP contribution in [0.5, 0.6) is 0 Å². The fourth-order valence-electron chi connectivity index (χ4n) is 1.82. The molecule has 0 aromatic carbocycles. The largest absolute Gasteiger partial charge is 0.480 e. The highest BCUT2D eigenvalue weighted by atomic mass is 16.4. The molecule has 0 saturated heterocycles. The van der Waals surface area contributed by atoms with Gasteiger partial charge >= 0.3 is 12.0 Å². The van der Waals surface area contributed by atoms with Gasteiger partial charge in [0.25, 0.3) is 0 Å². The molecule has 0 atom stereocenters. The minimum atomic E-state index is -1.13. The van der Waals surface area contributed by atoms with E-state index in [2.05, 4.69) is 16.0 Å². The number of hydrogen-bond acceptors (Lipinski definition) is 4. The van der Waals surface area contributed by atoms with Gasteiger partial charge in [-0.3, -0.25) is 20.2 Å². The van der Waals surface area contributed by atoms with Gasteiger partial charge in [0.1, 0.15) is 5.54 Å². The number of imide groups is 1. The zero-order valence-corrected chi connectivity index (χ0v) is 13.3. The van der Waals surface area contributed by atoms with Crippen LogP contribution in [0.15, 0.2) is 0 Å². The highest BCUT2D eigenvalue weighted by molar-refractivity contribution is 5.95. The number of nitrogens with one attached hydrogen (secondary N) is 3. The molecule has 0 fully saturated rings. The summed E-state index contributed by atoms with van der Waals surface area (Å²) in [6.07, 6.45) is 1.53. The lowest BCUT2D eigenvalue weighted by Crippen LogP contribution is -2.55. The molecule has 0 aliphatic heterocycles. The summed E-state index contributed by atoms with van der Waals surface area (Å²) in [7, 11) is 0. The van der Waals surface area contributed by atoms with E-state index in [9.17, 15) is 19.5 Å². The summed E-state index contributed by atoms with van der Waals surface area (Å²) in [5.74, 6) is -1.08. The van der Waals surface area contributed by atoms with Crippen molar-refractivity contribution in [2.45, 2.75) is 52.5 Å². The third-order valence-corrected chi connectivity index (χ3v) is 3.46. The maximum atomic E-state index is 11.6. The number of urea groups is 1. The van der Waals surface area contributed by atoms with Gasteiger partial charge < -0.3 is 10.4 Å². The Morgan fingerprint density at radius 3 is 2.14 bits per heavy atom. The predicted octanol–water partition coefficient (Wildman–Crippen LogP) is 1.09. The smallest absolute Gasteiger partial charge is 0.323 e. The maximum Gasteiger partial charge on any atom is 0.323 e. The molecule has 7 heteroatoms. The molecule has 122 valence electrons. The van der Waals surface area contributed by atoms with Gasteiger partial charge in [0.05, 0.1) is 6.54 Å². The summed E-state index contributed by atoms with van der Waals surface area (Å²) in [6, 6.07) is -0.559. The molecule has 7 nitrogen and oxygen atoms in total. The molecular weight excluding hydrogens is 274 g/mol. The van der Waals surface area contributed by atoms with Crippen LogP contribution in [0.25, 0.3) is 0 Å². The lowest BCUT2D eigenvalue weighted by atomic mass is 9.93. The Labute approximate surface area is 125 Å². The molecule has 21 heavy (non-hydrogen) atoms. The summed E-state index contributed by atoms with van der Waals surface area (Å²) in [5, 5.41) is 16.7. The van der Waals surface area contributed by atoms with Crippen LogP contribution in [0.1, 0.15) is 47.0 Å². The highest BCUT2D eigenvalue weighted by Gasteiger charge is 2.34. The zero-order chi connectivity index (χ0) is 16.5. The van der Waals surface area contributed by atoms with Crippen molar-refractivity contribution in [3.8, 4) is 0 Å². The van der Waals surface area contributed by atoms with Gasteiger partial charge in [0, 0.05) is 6.54 Å². The topological polar surface area (TPSA) is 108 Å². The summed E-state index contributed by atoms with van der Waals surface area (Å²) in [6.45, 7) is 7.83. The SMILES string of the molecule is CCC(CC)(NCC(=O)NC(=O)NCCC(C)C)C(=O)O. The summed E-state index contributed by atoms with van der Waals surface area (Å²) in [5.41, 5.74) is -1.13. The van der Waals surface area contributed by atoms with E-state index >= 15 is 0 Å². The Morgan fingerprint density at radius 2 is 1.71 bits per heavy atom. The van der Waals surface area contributed by atoms with Crippen LogP contribution in [0.2, 0.25) is 0 Å². The molecule has 0 aromatic rings. The molecule has 0 unspecified atom stereocenters. The first kappa shape index (κ1) is 19.4. The first-order chi connectivity index (χ1) is 9.77. The third-order valence-electron chi connectivity index (χ3n) is 3.46. The molecule has 0 saturated carbocycles. The van der Waals surface area contributed by atoms with Crippen molar-refractivity contribution in [3.63, 3.8) is 0 Å². The van der Waals surface area contributed by atoms with E-state index in [-0.39, 0.29) is 6.54 Å². The number of carboxylic acids is 1. The van der Waals surface area contributed by atoms with Gasteiger partial charge in [-0.15, -0.1) is 0 Å². The van der Waals surface area contributed by atoms with Crippen LogP contribution in [-0.4, -0.2) is 41.6 Å². The van der Waals surface area contributed by atoms with Crippen molar-refractivity contribution < 1.29 is 19.5 Å². The van der Waals surface area contributed by atoms with Gasteiger partial charge in [0.2, 0.25) is 5.91 Å². The van der Waals surface area contributed by atoms with Gasteiger partial charge in [-0.1, -0.05) is 27.7 Å². The Hall–Kier alpha value is -1.63. The second-order valence-corrected chi connectivity index (χ2v) is 5.43. The van der Waals surface area contributed by atoms with Crippen molar-refractivity contribution in [2.75, 3.05) is 13.1 Å². The van der Waals surface area contributed by atoms with Crippen LogP contribution in [0.4, 0.5) is 4.79 Å². The fraction of sp³-hybridized carbons (Fsp3) is 0.786. The van der Waals surface area contributed by atoms with Crippen LogP contribution >= 0.6 is 0 Å². The average Bonchev–Trinajstić information content (AvgIpc) is 2.39. The number of carbonyl (C=O) groups excluding carboxylic acids is 2. The van der Waals surface area contributed by atoms with Gasteiger partial charge in [-0.25, -0.2) is 4.79 Å². The van der Waals surface area contributed by atoms with Crippen molar-refractivity contribution >= 4 is 17.9 Å². The van der Waals surface area contributed by atoms with E-state index in [4.69, 9.17) is 0 Å². The van der Waals surface area contributed by atoms with E-state index in [1.54, 1.807) is 13.8 Å². The lowest BCUT2D eigenvalue weighted by molar-refractivity contribution is -0.145. The minimum Gasteiger partial charge on any atom is -0.480 e. The van der Waals surface area contributed by atoms with Crippen molar-refractivity contribution in [1.29, 1.82) is 0 Å². The van der Waals surface area contributed by atoms with Gasteiger partial charge in [-0.05, 0) is 25.2 Å². The Morgan fingerprint density at radius 1 is 1.14 bits per heavy atom. The minimum absolute atomic E-state index is 0.217. The maximum absolute atomic E-state index is 11.6. The predicted molar refractivity (Wildman–Crippen MR) is 79.9 cm³/mol. The van der Waals surface area contributed by atoms with Crippen molar-refractivity contribution in [3.05, 3.63) is 0 Å².